The molecule has 44 heavy (non-hydrogen) atoms. The molecule has 1 aromatic heterocycles. The van der Waals surface area contributed by atoms with E-state index in [-0.39, 0.29) is 43.5 Å². The summed E-state index contributed by atoms with van der Waals surface area (Å²) < 4.78 is 0. The van der Waals surface area contributed by atoms with Crippen LogP contribution in [0, 0.1) is 55.4 Å². The van der Waals surface area contributed by atoms with E-state index in [2.05, 4.69) is 56.3 Å². The zero-order valence-electron chi connectivity index (χ0n) is 27.7. The molecule has 3 nitrogen and oxygen atoms in total. The van der Waals surface area contributed by atoms with E-state index in [4.69, 9.17) is 4.98 Å². The van der Waals surface area contributed by atoms with Gasteiger partial charge >= 0.3 is 0 Å². The van der Waals surface area contributed by atoms with Crippen LogP contribution in [-0.2, 0) is 24.9 Å². The number of aliphatic hydroxyl groups excluding tert-OH is 1. The van der Waals surface area contributed by atoms with Crippen molar-refractivity contribution < 1.29 is 30.0 Å². The number of carbonyl (C=O) groups is 1. The van der Waals surface area contributed by atoms with Crippen LogP contribution in [0.25, 0.3) is 22.0 Å². The smallest absolute Gasteiger partial charge is 0.162 e. The first kappa shape index (κ1) is 34.6. The Kier molecular flexibility index (Phi) is 12.0. The fourth-order valence-electron chi connectivity index (χ4n) is 8.89. The number of aromatic nitrogens is 1. The van der Waals surface area contributed by atoms with Crippen molar-refractivity contribution in [1.29, 1.82) is 0 Å². The predicted octanol–water partition coefficient (Wildman–Crippen LogP) is 10.7. The normalized spacial score (nSPS) is 23.9. The van der Waals surface area contributed by atoms with E-state index < -0.39 is 0 Å². The Morgan fingerprint density at radius 3 is 2.07 bits per heavy atom. The molecule has 1 N–H and O–H groups in total. The molecule has 4 aliphatic rings. The van der Waals surface area contributed by atoms with E-state index in [1.54, 1.807) is 5.56 Å². The van der Waals surface area contributed by atoms with Crippen LogP contribution in [0.4, 0.5) is 0 Å². The second kappa shape index (κ2) is 15.3. The zero-order chi connectivity index (χ0) is 30.7. The van der Waals surface area contributed by atoms with Gasteiger partial charge in [0.05, 0.1) is 5.76 Å². The first-order valence-corrected chi connectivity index (χ1v) is 17.1. The number of pyridine rings is 1. The maximum Gasteiger partial charge on any atom is 0.162 e. The fourth-order valence-corrected chi connectivity index (χ4v) is 8.89. The zero-order valence-corrected chi connectivity index (χ0v) is 30.1. The predicted molar refractivity (Wildman–Crippen MR) is 179 cm³/mol. The number of benzene rings is 2. The third kappa shape index (κ3) is 7.56. The van der Waals surface area contributed by atoms with Gasteiger partial charge in [-0.2, -0.15) is 0 Å². The molecule has 4 bridgehead atoms. The van der Waals surface area contributed by atoms with Gasteiger partial charge in [-0.25, -0.2) is 0 Å². The number of rotatable bonds is 9. The summed E-state index contributed by atoms with van der Waals surface area (Å²) in [7, 11) is 0. The summed E-state index contributed by atoms with van der Waals surface area (Å²) in [5.74, 6) is 5.28. The maximum atomic E-state index is 11.7. The van der Waals surface area contributed by atoms with E-state index in [0.717, 1.165) is 66.5 Å². The van der Waals surface area contributed by atoms with Gasteiger partial charge in [0.1, 0.15) is 0 Å². The molecule has 4 fully saturated rings. The second-order valence-corrected chi connectivity index (χ2v) is 13.8. The Morgan fingerprint density at radius 1 is 0.886 bits per heavy atom. The van der Waals surface area contributed by atoms with Crippen molar-refractivity contribution in [3.8, 4) is 11.3 Å². The molecule has 4 heteroatoms. The van der Waals surface area contributed by atoms with Gasteiger partial charge in [0.15, 0.2) is 5.78 Å². The standard InChI is InChI=1S/C27H28N.C13H24O2.Ir/c1-16-7-17(2)9-24(8-16)27-25-4-3-21(15-20(25)5-6-28-27)26-22-11-18-10-19(13-22)14-23(26)12-18;1-5-10(6-2)12(14)9-13(15)11(7-3)8-4;/h3-8,15,18-19,22-23,26H,10-14H2,1-2H3;9-11,14H,5-8H2,1-4H3;/q-1;;/b;12-9-;. The van der Waals surface area contributed by atoms with Gasteiger partial charge in [-0.1, -0.05) is 59.7 Å². The van der Waals surface area contributed by atoms with Crippen molar-refractivity contribution in [1.82, 2.24) is 4.98 Å². The van der Waals surface area contributed by atoms with Crippen LogP contribution < -0.4 is 0 Å². The summed E-state index contributed by atoms with van der Waals surface area (Å²) in [6.07, 6.45) is 14.3. The molecular weight excluding hydrogens is 719 g/mol. The largest absolute Gasteiger partial charge is 0.512 e. The molecule has 0 amide bonds. The number of nitrogens with zero attached hydrogens (tertiary/aromatic N) is 1. The van der Waals surface area contributed by atoms with Crippen LogP contribution in [0.5, 0.6) is 0 Å². The van der Waals surface area contributed by atoms with Gasteiger partial charge < -0.3 is 10.1 Å². The Bertz CT molecular complexity index is 1400. The molecule has 4 aliphatic carbocycles. The molecule has 7 rings (SSSR count). The van der Waals surface area contributed by atoms with Crippen LogP contribution in [0.1, 0.15) is 108 Å². The van der Waals surface area contributed by atoms with Gasteiger partial charge in [0, 0.05) is 44.2 Å². The summed E-state index contributed by atoms with van der Waals surface area (Å²) in [4.78, 5) is 16.5. The van der Waals surface area contributed by atoms with Crippen molar-refractivity contribution in [2.24, 2.45) is 35.5 Å². The molecule has 2 aromatic carbocycles. The number of ketones is 1. The van der Waals surface area contributed by atoms with E-state index in [0.29, 0.717) is 0 Å². The number of hydrogen-bond acceptors (Lipinski definition) is 3. The third-order valence-corrected chi connectivity index (χ3v) is 10.9. The van der Waals surface area contributed by atoms with Crippen LogP contribution in [-0.4, -0.2) is 15.9 Å². The Hall–Kier alpha value is -2.29. The van der Waals surface area contributed by atoms with E-state index in [1.165, 1.54) is 60.1 Å². The first-order valence-electron chi connectivity index (χ1n) is 17.1. The maximum absolute atomic E-state index is 11.7. The molecule has 0 atom stereocenters. The molecule has 0 spiro atoms. The molecule has 1 heterocycles. The fraction of sp³-hybridized carbons (Fsp3) is 0.550. The summed E-state index contributed by atoms with van der Waals surface area (Å²) in [6, 6.07) is 17.3. The van der Waals surface area contributed by atoms with Gasteiger partial charge in [-0.05, 0) is 115 Å². The summed E-state index contributed by atoms with van der Waals surface area (Å²) >= 11 is 0. The number of hydrogen-bond donors (Lipinski definition) is 1. The SMILES string of the molecule is CCC(CC)C(=O)/C=C(\O)C(CC)CC.Cc1[c-]c(-c2nccc3cc(C4C5CC6CC(C5)CC4C6)ccc23)cc(C)c1.[Ir]. The molecule has 3 aromatic rings. The Balaban J connectivity index is 0.000000239. The minimum atomic E-state index is 0. The van der Waals surface area contributed by atoms with Crippen molar-refractivity contribution in [3.63, 3.8) is 0 Å². The van der Waals surface area contributed by atoms with Crippen LogP contribution in [0.15, 0.2) is 54.4 Å². The summed E-state index contributed by atoms with van der Waals surface area (Å²) in [6.45, 7) is 12.3. The van der Waals surface area contributed by atoms with Crippen molar-refractivity contribution in [2.75, 3.05) is 0 Å². The topological polar surface area (TPSA) is 50.2 Å². The van der Waals surface area contributed by atoms with Crippen molar-refractivity contribution in [3.05, 3.63) is 77.2 Å². The third-order valence-electron chi connectivity index (χ3n) is 10.9. The molecule has 0 unspecified atom stereocenters. The van der Waals surface area contributed by atoms with Crippen LogP contribution >= 0.6 is 0 Å². The van der Waals surface area contributed by atoms with Crippen molar-refractivity contribution >= 4 is 16.6 Å². The van der Waals surface area contributed by atoms with Crippen molar-refractivity contribution in [2.45, 2.75) is 105 Å². The van der Waals surface area contributed by atoms with Gasteiger partial charge in [0.2, 0.25) is 0 Å². The molecular formula is C40H52IrNO2-. The minimum Gasteiger partial charge on any atom is -0.512 e. The quantitative estimate of drug-likeness (QED) is 0.134. The summed E-state index contributed by atoms with van der Waals surface area (Å²) in [5.41, 5.74) is 6.23. The van der Waals surface area contributed by atoms with Crippen LogP contribution in [0.3, 0.4) is 0 Å². The number of aliphatic hydroxyl groups is 1. The summed E-state index contributed by atoms with van der Waals surface area (Å²) in [5, 5.41) is 12.4. The molecule has 0 saturated heterocycles. The second-order valence-electron chi connectivity index (χ2n) is 13.8. The van der Waals surface area contributed by atoms with Crippen LogP contribution in [0.2, 0.25) is 0 Å². The number of carbonyl (C=O) groups excluding carboxylic acids is 1. The Morgan fingerprint density at radius 2 is 1.50 bits per heavy atom. The monoisotopic (exact) mass is 771 g/mol. The molecule has 0 aliphatic heterocycles. The number of fused-ring (bicyclic) bond motifs is 1. The average molecular weight is 771 g/mol. The van der Waals surface area contributed by atoms with Gasteiger partial charge in [-0.3, -0.25) is 4.79 Å². The van der Waals surface area contributed by atoms with E-state index in [1.807, 2.05) is 33.9 Å². The molecule has 4 saturated carbocycles. The van der Waals surface area contributed by atoms with E-state index >= 15 is 0 Å². The average Bonchev–Trinajstić information content (AvgIpc) is 2.97. The number of aryl methyl sites for hydroxylation is 2. The minimum absolute atomic E-state index is 0. The first-order chi connectivity index (χ1) is 20.7. The van der Waals surface area contributed by atoms with Gasteiger partial charge in [0.25, 0.3) is 0 Å². The Labute approximate surface area is 279 Å². The molecule has 239 valence electrons. The molecule has 1 radical (unpaired) electrons. The van der Waals surface area contributed by atoms with Gasteiger partial charge in [-0.15, -0.1) is 34.9 Å². The van der Waals surface area contributed by atoms with E-state index in [9.17, 15) is 9.90 Å². The number of allylic oxidation sites excluding steroid dienone is 2.